The number of likely N-dealkylation sites (N-methyl/N-ethyl adjacent to an activating group) is 1. The summed E-state index contributed by atoms with van der Waals surface area (Å²) in [7, 11) is 3.90. The van der Waals surface area contributed by atoms with Gasteiger partial charge in [-0.15, -0.1) is 0 Å². The molecule has 2 rings (SSSR count). The fourth-order valence-corrected chi connectivity index (χ4v) is 3.03. The Kier molecular flexibility index (Phi) is 5.67. The summed E-state index contributed by atoms with van der Waals surface area (Å²) in [6.45, 7) is 6.03. The van der Waals surface area contributed by atoms with E-state index in [1.54, 1.807) is 7.11 Å². The second-order valence-electron chi connectivity index (χ2n) is 5.22. The van der Waals surface area contributed by atoms with Crippen molar-refractivity contribution in [2.24, 2.45) is 0 Å². The minimum absolute atomic E-state index is 0.905. The average molecular weight is 327 g/mol. The third-order valence-electron chi connectivity index (χ3n) is 3.75. The summed E-state index contributed by atoms with van der Waals surface area (Å²) < 4.78 is 6.30. The van der Waals surface area contributed by atoms with E-state index in [0.717, 1.165) is 16.6 Å². The Morgan fingerprint density at radius 3 is 2.58 bits per heavy atom. The largest absolute Gasteiger partial charge is 0.496 e. The van der Waals surface area contributed by atoms with E-state index >= 15 is 0 Å². The maximum atomic E-state index is 5.25. The molecule has 0 spiro atoms. The summed E-state index contributed by atoms with van der Waals surface area (Å²) in [6, 6.07) is 6.37. The quantitative estimate of drug-likeness (QED) is 0.827. The van der Waals surface area contributed by atoms with Crippen molar-refractivity contribution in [2.75, 3.05) is 46.9 Å². The molecule has 0 radical (unpaired) electrons. The molecule has 0 N–H and O–H groups in total. The van der Waals surface area contributed by atoms with Crippen molar-refractivity contribution in [1.29, 1.82) is 0 Å². The Hall–Kier alpha value is -0.580. The number of nitrogens with zero attached hydrogens (tertiary/aromatic N) is 2. The fourth-order valence-electron chi connectivity index (χ4n) is 2.44. The first-order valence-electron chi connectivity index (χ1n) is 6.92. The molecule has 0 bridgehead atoms. The van der Waals surface area contributed by atoms with Gasteiger partial charge in [0.25, 0.3) is 0 Å². The number of hydrogen-bond donors (Lipinski definition) is 0. The molecule has 0 aliphatic carbocycles. The number of piperazine rings is 1. The van der Waals surface area contributed by atoms with E-state index in [-0.39, 0.29) is 0 Å². The van der Waals surface area contributed by atoms with E-state index in [1.165, 1.54) is 44.7 Å². The number of aryl methyl sites for hydroxylation is 1. The molecule has 3 nitrogen and oxygen atoms in total. The number of hydrogen-bond acceptors (Lipinski definition) is 3. The van der Waals surface area contributed by atoms with Crippen molar-refractivity contribution >= 4 is 15.9 Å². The van der Waals surface area contributed by atoms with E-state index in [0.29, 0.717) is 0 Å². The predicted octanol–water partition coefficient (Wildman–Crippen LogP) is 2.64. The maximum Gasteiger partial charge on any atom is 0.133 e. The zero-order valence-electron chi connectivity index (χ0n) is 11.9. The number of halogens is 1. The molecular weight excluding hydrogens is 304 g/mol. The zero-order chi connectivity index (χ0) is 13.7. The molecule has 1 aromatic carbocycles. The third-order valence-corrected chi connectivity index (χ3v) is 4.37. The van der Waals surface area contributed by atoms with Crippen LogP contribution in [-0.2, 0) is 6.42 Å². The first kappa shape index (κ1) is 14.8. The van der Waals surface area contributed by atoms with Crippen molar-refractivity contribution in [3.63, 3.8) is 0 Å². The van der Waals surface area contributed by atoms with Crippen LogP contribution in [0.3, 0.4) is 0 Å². The van der Waals surface area contributed by atoms with Crippen LogP contribution in [0.4, 0.5) is 0 Å². The normalized spacial score (nSPS) is 17.6. The summed E-state index contributed by atoms with van der Waals surface area (Å²) in [5.74, 6) is 0.905. The molecule has 1 fully saturated rings. The Bertz CT molecular complexity index is 403. The molecule has 1 aromatic rings. The van der Waals surface area contributed by atoms with E-state index < -0.39 is 0 Å². The topological polar surface area (TPSA) is 15.7 Å². The molecule has 0 unspecified atom stereocenters. The first-order valence-corrected chi connectivity index (χ1v) is 7.71. The molecule has 106 valence electrons. The molecule has 0 atom stereocenters. The van der Waals surface area contributed by atoms with Crippen LogP contribution in [0.2, 0.25) is 0 Å². The Morgan fingerprint density at radius 2 is 1.95 bits per heavy atom. The van der Waals surface area contributed by atoms with E-state index in [1.807, 2.05) is 6.07 Å². The van der Waals surface area contributed by atoms with Crippen molar-refractivity contribution < 1.29 is 4.74 Å². The molecule has 1 aliphatic heterocycles. The summed E-state index contributed by atoms with van der Waals surface area (Å²) >= 11 is 3.54. The highest BCUT2D eigenvalue weighted by Gasteiger charge is 2.12. The van der Waals surface area contributed by atoms with Crippen LogP contribution < -0.4 is 4.74 Å². The summed E-state index contributed by atoms with van der Waals surface area (Å²) in [6.07, 6.45) is 2.36. The van der Waals surface area contributed by atoms with Gasteiger partial charge in [0, 0.05) is 26.2 Å². The molecule has 1 aliphatic rings. The smallest absolute Gasteiger partial charge is 0.133 e. The fraction of sp³-hybridized carbons (Fsp3) is 0.600. The molecule has 19 heavy (non-hydrogen) atoms. The lowest BCUT2D eigenvalue weighted by Crippen LogP contribution is -2.44. The van der Waals surface area contributed by atoms with Gasteiger partial charge in [-0.25, -0.2) is 0 Å². The first-order chi connectivity index (χ1) is 9.19. The van der Waals surface area contributed by atoms with Crippen molar-refractivity contribution in [3.05, 3.63) is 28.2 Å². The van der Waals surface area contributed by atoms with Gasteiger partial charge in [0.2, 0.25) is 0 Å². The van der Waals surface area contributed by atoms with E-state index in [2.05, 4.69) is 44.9 Å². The third kappa shape index (κ3) is 4.48. The van der Waals surface area contributed by atoms with Gasteiger partial charge >= 0.3 is 0 Å². The monoisotopic (exact) mass is 326 g/mol. The minimum atomic E-state index is 0.905. The van der Waals surface area contributed by atoms with Crippen LogP contribution in [0.15, 0.2) is 22.7 Å². The number of methoxy groups -OCH3 is 1. The number of benzene rings is 1. The van der Waals surface area contributed by atoms with Gasteiger partial charge in [-0.3, -0.25) is 0 Å². The second kappa shape index (κ2) is 7.27. The van der Waals surface area contributed by atoms with Gasteiger partial charge in [0.05, 0.1) is 11.6 Å². The molecule has 0 aromatic heterocycles. The Morgan fingerprint density at radius 1 is 1.21 bits per heavy atom. The van der Waals surface area contributed by atoms with Crippen LogP contribution >= 0.6 is 15.9 Å². The SMILES string of the molecule is COc1ccc(CCCN2CCN(C)CC2)cc1Br. The number of rotatable bonds is 5. The van der Waals surface area contributed by atoms with Crippen molar-refractivity contribution in [2.45, 2.75) is 12.8 Å². The molecule has 1 heterocycles. The van der Waals surface area contributed by atoms with Crippen LogP contribution in [0.25, 0.3) is 0 Å². The summed E-state index contributed by atoms with van der Waals surface area (Å²) in [5.41, 5.74) is 1.38. The van der Waals surface area contributed by atoms with Gasteiger partial charge in [-0.1, -0.05) is 6.07 Å². The molecule has 0 saturated carbocycles. The second-order valence-corrected chi connectivity index (χ2v) is 6.07. The Balaban J connectivity index is 1.75. The predicted molar refractivity (Wildman–Crippen MR) is 83.0 cm³/mol. The van der Waals surface area contributed by atoms with Gasteiger partial charge in [0.15, 0.2) is 0 Å². The maximum absolute atomic E-state index is 5.25. The van der Waals surface area contributed by atoms with Gasteiger partial charge in [0.1, 0.15) is 5.75 Å². The van der Waals surface area contributed by atoms with Crippen LogP contribution in [0.5, 0.6) is 5.75 Å². The lowest BCUT2D eigenvalue weighted by atomic mass is 10.1. The molecule has 1 saturated heterocycles. The van der Waals surface area contributed by atoms with E-state index in [9.17, 15) is 0 Å². The highest BCUT2D eigenvalue weighted by Crippen LogP contribution is 2.25. The van der Waals surface area contributed by atoms with Gasteiger partial charge < -0.3 is 14.5 Å². The molecule has 4 heteroatoms. The van der Waals surface area contributed by atoms with Crippen LogP contribution in [0.1, 0.15) is 12.0 Å². The number of ether oxygens (including phenoxy) is 1. The average Bonchev–Trinajstić information content (AvgIpc) is 2.41. The van der Waals surface area contributed by atoms with Crippen molar-refractivity contribution in [3.8, 4) is 5.75 Å². The van der Waals surface area contributed by atoms with Crippen molar-refractivity contribution in [1.82, 2.24) is 9.80 Å². The standard InChI is InChI=1S/C15H23BrN2O/c1-17-8-10-18(11-9-17)7-3-4-13-5-6-15(19-2)14(16)12-13/h5-6,12H,3-4,7-11H2,1-2H3. The highest BCUT2D eigenvalue weighted by atomic mass is 79.9. The molecule has 0 amide bonds. The zero-order valence-corrected chi connectivity index (χ0v) is 13.4. The summed E-state index contributed by atoms with van der Waals surface area (Å²) in [5, 5.41) is 0. The van der Waals surface area contributed by atoms with Crippen LogP contribution in [-0.4, -0.2) is 56.7 Å². The lowest BCUT2D eigenvalue weighted by molar-refractivity contribution is 0.153. The van der Waals surface area contributed by atoms with Gasteiger partial charge in [-0.05, 0) is 60.1 Å². The highest BCUT2D eigenvalue weighted by molar-refractivity contribution is 9.10. The molecular formula is C15H23BrN2O. The Labute approximate surface area is 124 Å². The summed E-state index contributed by atoms with van der Waals surface area (Å²) in [4.78, 5) is 4.97. The van der Waals surface area contributed by atoms with E-state index in [4.69, 9.17) is 4.74 Å². The minimum Gasteiger partial charge on any atom is -0.496 e. The lowest BCUT2D eigenvalue weighted by Gasteiger charge is -2.32. The van der Waals surface area contributed by atoms with Crippen LogP contribution in [0, 0.1) is 0 Å². The van der Waals surface area contributed by atoms with Gasteiger partial charge in [-0.2, -0.15) is 0 Å².